The van der Waals surface area contributed by atoms with Gasteiger partial charge >= 0.3 is 0 Å². The van der Waals surface area contributed by atoms with Gasteiger partial charge < -0.3 is 5.73 Å². The molecule has 3 N–H and O–H groups in total. The van der Waals surface area contributed by atoms with Crippen molar-refractivity contribution in [2.24, 2.45) is 0 Å². The molecule has 1 saturated carbocycles. The zero-order chi connectivity index (χ0) is 14.3. The molecule has 20 heavy (non-hydrogen) atoms. The van der Waals surface area contributed by atoms with E-state index in [-0.39, 0.29) is 4.90 Å². The van der Waals surface area contributed by atoms with Crippen LogP contribution in [-0.4, -0.2) is 13.4 Å². The first-order valence-corrected chi connectivity index (χ1v) is 8.66. The molecule has 1 aromatic heterocycles. The average Bonchev–Trinajstić information content (AvgIpc) is 3.09. The molecule has 7 heteroatoms. The number of nitrogens with zero attached hydrogens (tertiary/aromatic N) is 1. The van der Waals surface area contributed by atoms with Crippen LogP contribution in [0.1, 0.15) is 30.0 Å². The molecule has 0 unspecified atom stereocenters. The summed E-state index contributed by atoms with van der Waals surface area (Å²) < 4.78 is 27.1. The second kappa shape index (κ2) is 4.75. The number of hydrogen-bond donors (Lipinski definition) is 2. The lowest BCUT2D eigenvalue weighted by Crippen LogP contribution is -2.13. The summed E-state index contributed by atoms with van der Waals surface area (Å²) in [5, 5.41) is 2.33. The van der Waals surface area contributed by atoms with Gasteiger partial charge in [0.05, 0.1) is 10.6 Å². The summed E-state index contributed by atoms with van der Waals surface area (Å²) in [5.74, 6) is 0.513. The Morgan fingerprint density at radius 3 is 2.75 bits per heavy atom. The predicted octanol–water partition coefficient (Wildman–Crippen LogP) is 2.71. The van der Waals surface area contributed by atoms with Crippen LogP contribution >= 0.6 is 11.3 Å². The van der Waals surface area contributed by atoms with Crippen molar-refractivity contribution in [1.29, 1.82) is 0 Å². The van der Waals surface area contributed by atoms with Gasteiger partial charge in [-0.3, -0.25) is 4.72 Å². The molecule has 1 heterocycles. The van der Waals surface area contributed by atoms with Crippen LogP contribution < -0.4 is 10.5 Å². The molecular weight excluding hydrogens is 294 g/mol. The van der Waals surface area contributed by atoms with E-state index in [4.69, 9.17) is 5.73 Å². The Balaban J connectivity index is 1.86. The molecule has 0 spiro atoms. The summed E-state index contributed by atoms with van der Waals surface area (Å²) in [6.45, 7) is 1.81. The largest absolute Gasteiger partial charge is 0.399 e. The number of aryl methyl sites for hydroxylation is 1. The van der Waals surface area contributed by atoms with E-state index in [2.05, 4.69) is 9.71 Å². The van der Waals surface area contributed by atoms with Crippen molar-refractivity contribution in [2.45, 2.75) is 30.6 Å². The van der Waals surface area contributed by atoms with Gasteiger partial charge in [0, 0.05) is 17.0 Å². The first kappa shape index (κ1) is 13.4. The lowest BCUT2D eigenvalue weighted by molar-refractivity contribution is 0.601. The second-order valence-electron chi connectivity index (χ2n) is 5.04. The monoisotopic (exact) mass is 309 g/mol. The van der Waals surface area contributed by atoms with Crippen LogP contribution in [0.5, 0.6) is 0 Å². The van der Waals surface area contributed by atoms with Crippen molar-refractivity contribution in [2.75, 3.05) is 10.5 Å². The van der Waals surface area contributed by atoms with Crippen molar-refractivity contribution in [3.8, 4) is 0 Å². The third-order valence-corrected chi connectivity index (χ3v) is 5.35. The first-order valence-electron chi connectivity index (χ1n) is 6.29. The van der Waals surface area contributed by atoms with Crippen LogP contribution in [0.25, 0.3) is 0 Å². The van der Waals surface area contributed by atoms with Gasteiger partial charge in [0.1, 0.15) is 0 Å². The molecule has 0 saturated heterocycles. The zero-order valence-electron chi connectivity index (χ0n) is 11.0. The number of thiazole rings is 1. The van der Waals surface area contributed by atoms with Crippen molar-refractivity contribution in [1.82, 2.24) is 4.98 Å². The van der Waals surface area contributed by atoms with Gasteiger partial charge in [0.15, 0.2) is 5.13 Å². The number of aromatic nitrogens is 1. The minimum atomic E-state index is -3.63. The Hall–Kier alpha value is -1.60. The highest BCUT2D eigenvalue weighted by molar-refractivity contribution is 7.93. The third kappa shape index (κ3) is 2.78. The normalized spacial score (nSPS) is 15.2. The summed E-state index contributed by atoms with van der Waals surface area (Å²) in [5.41, 5.74) is 7.92. The van der Waals surface area contributed by atoms with E-state index in [0.717, 1.165) is 24.1 Å². The van der Waals surface area contributed by atoms with E-state index >= 15 is 0 Å². The molecule has 1 aromatic carbocycles. The maximum Gasteiger partial charge on any atom is 0.263 e. The lowest BCUT2D eigenvalue weighted by atomic mass is 10.2. The minimum Gasteiger partial charge on any atom is -0.399 e. The fraction of sp³-hybridized carbons (Fsp3) is 0.308. The van der Waals surface area contributed by atoms with E-state index in [9.17, 15) is 8.42 Å². The average molecular weight is 309 g/mol. The highest BCUT2D eigenvalue weighted by atomic mass is 32.2. The van der Waals surface area contributed by atoms with E-state index in [1.165, 1.54) is 17.4 Å². The first-order chi connectivity index (χ1) is 9.44. The smallest absolute Gasteiger partial charge is 0.263 e. The number of nitrogen functional groups attached to an aromatic ring is 1. The quantitative estimate of drug-likeness (QED) is 0.850. The van der Waals surface area contributed by atoms with Crippen molar-refractivity contribution in [3.63, 3.8) is 0 Å². The van der Waals surface area contributed by atoms with Gasteiger partial charge in [-0.15, -0.1) is 11.3 Å². The van der Waals surface area contributed by atoms with Gasteiger partial charge in [0.2, 0.25) is 0 Å². The number of nitrogens with one attached hydrogen (secondary N) is 1. The SMILES string of the molecule is Cc1cc(N)cc(S(=O)(=O)Nc2nc(C3CC3)cs2)c1. The van der Waals surface area contributed by atoms with E-state index in [1.54, 1.807) is 12.1 Å². The van der Waals surface area contributed by atoms with Crippen LogP contribution in [0.15, 0.2) is 28.5 Å². The molecule has 0 radical (unpaired) electrons. The van der Waals surface area contributed by atoms with Gasteiger partial charge in [0.25, 0.3) is 10.0 Å². The Labute approximate surface area is 121 Å². The fourth-order valence-corrected chi connectivity index (χ4v) is 4.19. The van der Waals surface area contributed by atoms with Crippen LogP contribution in [0, 0.1) is 6.92 Å². The second-order valence-corrected chi connectivity index (χ2v) is 7.58. The fourth-order valence-electron chi connectivity index (χ4n) is 2.01. The lowest BCUT2D eigenvalue weighted by Gasteiger charge is -2.07. The number of benzene rings is 1. The number of nitrogens with two attached hydrogens (primary N) is 1. The molecule has 0 aliphatic heterocycles. The van der Waals surface area contributed by atoms with Crippen molar-refractivity contribution < 1.29 is 8.42 Å². The van der Waals surface area contributed by atoms with Crippen LogP contribution in [0.3, 0.4) is 0 Å². The molecule has 5 nitrogen and oxygen atoms in total. The summed E-state index contributed by atoms with van der Waals surface area (Å²) >= 11 is 1.32. The number of sulfonamides is 1. The van der Waals surface area contributed by atoms with Crippen molar-refractivity contribution in [3.05, 3.63) is 34.8 Å². The van der Waals surface area contributed by atoms with Crippen LogP contribution in [0.4, 0.5) is 10.8 Å². The number of rotatable bonds is 4. The van der Waals surface area contributed by atoms with Crippen molar-refractivity contribution >= 4 is 32.2 Å². The maximum atomic E-state index is 12.3. The molecular formula is C13H15N3O2S2. The Morgan fingerprint density at radius 1 is 1.35 bits per heavy atom. The van der Waals surface area contributed by atoms with Crippen LogP contribution in [-0.2, 0) is 10.0 Å². The third-order valence-electron chi connectivity index (χ3n) is 3.12. The summed E-state index contributed by atoms with van der Waals surface area (Å²) in [6.07, 6.45) is 2.29. The van der Waals surface area contributed by atoms with E-state index in [1.807, 2.05) is 12.3 Å². The van der Waals surface area contributed by atoms with Gasteiger partial charge in [-0.2, -0.15) is 0 Å². The molecule has 2 aromatic rings. The standard InChI is InChI=1S/C13H15N3O2S2/c1-8-4-10(14)6-11(5-8)20(17,18)16-13-15-12(7-19-13)9-2-3-9/h4-7,9H,2-3,14H2,1H3,(H,15,16). The molecule has 1 aliphatic rings. The summed E-state index contributed by atoms with van der Waals surface area (Å²) in [4.78, 5) is 4.49. The topological polar surface area (TPSA) is 85.1 Å². The van der Waals surface area contributed by atoms with E-state index in [0.29, 0.717) is 16.7 Å². The Bertz CT molecular complexity index is 728. The van der Waals surface area contributed by atoms with Crippen LogP contribution in [0.2, 0.25) is 0 Å². The van der Waals surface area contributed by atoms with Gasteiger partial charge in [-0.1, -0.05) is 0 Å². The molecule has 0 amide bonds. The molecule has 3 rings (SSSR count). The highest BCUT2D eigenvalue weighted by Gasteiger charge is 2.27. The number of anilines is 2. The highest BCUT2D eigenvalue weighted by Crippen LogP contribution is 2.41. The summed E-state index contributed by atoms with van der Waals surface area (Å²) in [7, 11) is -3.63. The minimum absolute atomic E-state index is 0.165. The van der Waals surface area contributed by atoms with E-state index < -0.39 is 10.0 Å². The molecule has 1 aliphatic carbocycles. The Morgan fingerprint density at radius 2 is 2.10 bits per heavy atom. The molecule has 0 bridgehead atoms. The molecule has 106 valence electrons. The summed E-state index contributed by atoms with van der Waals surface area (Å²) in [6, 6.07) is 4.77. The van der Waals surface area contributed by atoms with Gasteiger partial charge in [-0.05, 0) is 43.5 Å². The molecule has 0 atom stereocenters. The van der Waals surface area contributed by atoms with Gasteiger partial charge in [-0.25, -0.2) is 13.4 Å². The molecule has 1 fully saturated rings. The zero-order valence-corrected chi connectivity index (χ0v) is 12.6. The predicted molar refractivity (Wildman–Crippen MR) is 80.5 cm³/mol. The maximum absolute atomic E-state index is 12.3. The Kier molecular flexibility index (Phi) is 3.18. The number of hydrogen-bond acceptors (Lipinski definition) is 5.